The zero-order chi connectivity index (χ0) is 11.8. The van der Waals surface area contributed by atoms with E-state index in [9.17, 15) is 13.6 Å². The number of hydrogen-bond donors (Lipinski definition) is 1. The molecular formula is C10H6F2N2O2. The molecule has 0 bridgehead atoms. The van der Waals surface area contributed by atoms with E-state index in [-0.39, 0.29) is 16.7 Å². The molecule has 0 aliphatic heterocycles. The van der Waals surface area contributed by atoms with Crippen molar-refractivity contribution in [1.29, 1.82) is 5.26 Å². The Hall–Kier alpha value is -2.16. The number of halogens is 2. The fraction of sp³-hybridized carbons (Fsp3) is 0.200. The highest BCUT2D eigenvalue weighted by Gasteiger charge is 2.31. The molecule has 6 heteroatoms. The van der Waals surface area contributed by atoms with Crippen molar-refractivity contribution in [2.75, 3.05) is 0 Å². The van der Waals surface area contributed by atoms with Gasteiger partial charge in [-0.1, -0.05) is 0 Å². The summed E-state index contributed by atoms with van der Waals surface area (Å²) in [5.41, 5.74) is 0.0835. The molecule has 1 N–H and O–H groups in total. The highest BCUT2D eigenvalue weighted by molar-refractivity contribution is 5.73. The van der Waals surface area contributed by atoms with Crippen LogP contribution in [-0.4, -0.2) is 4.98 Å². The lowest BCUT2D eigenvalue weighted by atomic mass is 10.1. The molecule has 2 aromatic rings. The summed E-state index contributed by atoms with van der Waals surface area (Å²) < 4.78 is 31.4. The molecule has 0 spiro atoms. The molecule has 0 saturated heterocycles. The van der Waals surface area contributed by atoms with E-state index >= 15 is 0 Å². The van der Waals surface area contributed by atoms with Crippen LogP contribution in [0.15, 0.2) is 27.4 Å². The first-order chi connectivity index (χ1) is 7.53. The van der Waals surface area contributed by atoms with E-state index in [1.165, 1.54) is 12.1 Å². The average molecular weight is 224 g/mol. The van der Waals surface area contributed by atoms with Gasteiger partial charge in [-0.3, -0.25) is 4.98 Å². The van der Waals surface area contributed by atoms with Crippen molar-refractivity contribution in [2.45, 2.75) is 12.3 Å². The van der Waals surface area contributed by atoms with E-state index in [2.05, 4.69) is 9.40 Å². The zero-order valence-corrected chi connectivity index (χ0v) is 7.96. The Labute approximate surface area is 88.1 Å². The number of nitrogens with one attached hydrogen (secondary N) is 1. The van der Waals surface area contributed by atoms with Crippen LogP contribution in [-0.2, 0) is 5.92 Å². The lowest BCUT2D eigenvalue weighted by Gasteiger charge is -2.12. The molecule has 0 fully saturated rings. The maximum atomic E-state index is 13.3. The van der Waals surface area contributed by atoms with Crippen LogP contribution in [0.25, 0.3) is 11.1 Å². The second-order valence-electron chi connectivity index (χ2n) is 3.26. The number of oxazole rings is 1. The van der Waals surface area contributed by atoms with Crippen LogP contribution in [0, 0.1) is 11.3 Å². The average Bonchev–Trinajstić information content (AvgIpc) is 2.56. The third-order valence-corrected chi connectivity index (χ3v) is 2.14. The molecule has 16 heavy (non-hydrogen) atoms. The predicted octanol–water partition coefficient (Wildman–Crippen LogP) is 2.13. The molecule has 4 nitrogen and oxygen atoms in total. The number of benzene rings is 1. The highest BCUT2D eigenvalue weighted by atomic mass is 19.3. The Kier molecular flexibility index (Phi) is 2.23. The fourth-order valence-electron chi connectivity index (χ4n) is 1.38. The summed E-state index contributed by atoms with van der Waals surface area (Å²) in [4.78, 5) is 13.1. The van der Waals surface area contributed by atoms with Gasteiger partial charge in [-0.05, 0) is 18.2 Å². The number of H-pyrrole nitrogens is 1. The Bertz CT molecular complexity index is 622. The van der Waals surface area contributed by atoms with Crippen LogP contribution in [0.3, 0.4) is 0 Å². The molecule has 2 rings (SSSR count). The van der Waals surface area contributed by atoms with Gasteiger partial charge in [-0.15, -0.1) is 0 Å². The number of nitrogens with zero attached hydrogens (tertiary/aromatic N) is 1. The van der Waals surface area contributed by atoms with Crippen molar-refractivity contribution < 1.29 is 13.2 Å². The van der Waals surface area contributed by atoms with E-state index in [0.717, 1.165) is 12.1 Å². The van der Waals surface area contributed by atoms with Gasteiger partial charge in [0.2, 0.25) is 0 Å². The highest BCUT2D eigenvalue weighted by Crippen LogP contribution is 2.32. The quantitative estimate of drug-likeness (QED) is 0.849. The fourth-order valence-corrected chi connectivity index (χ4v) is 1.38. The van der Waals surface area contributed by atoms with E-state index < -0.39 is 18.1 Å². The number of aromatic amines is 1. The van der Waals surface area contributed by atoms with E-state index in [0.29, 0.717) is 0 Å². The lowest BCUT2D eigenvalue weighted by molar-refractivity contribution is 0.00106. The normalized spacial score (nSPS) is 11.6. The van der Waals surface area contributed by atoms with Crippen LogP contribution >= 0.6 is 0 Å². The maximum absolute atomic E-state index is 13.3. The Morgan fingerprint density at radius 1 is 1.50 bits per heavy atom. The van der Waals surface area contributed by atoms with Gasteiger partial charge in [0.25, 0.3) is 5.92 Å². The molecule has 1 aromatic heterocycles. The summed E-state index contributed by atoms with van der Waals surface area (Å²) in [7, 11) is 0. The molecule has 1 aromatic carbocycles. The van der Waals surface area contributed by atoms with Crippen LogP contribution in [0.1, 0.15) is 12.0 Å². The standard InChI is InChI=1S/C10H6F2N2O2/c11-10(12,3-4-13)6-1-2-8-7(5-6)14-9(15)16-8/h1-2,5H,3H2,(H,14,15). The van der Waals surface area contributed by atoms with Gasteiger partial charge >= 0.3 is 5.76 Å². The molecule has 0 aliphatic carbocycles. The number of hydrogen-bond acceptors (Lipinski definition) is 3. The van der Waals surface area contributed by atoms with Gasteiger partial charge in [0.05, 0.1) is 11.6 Å². The first-order valence-electron chi connectivity index (χ1n) is 4.41. The minimum absolute atomic E-state index is 0.195. The molecule has 0 unspecified atom stereocenters. The van der Waals surface area contributed by atoms with Crippen molar-refractivity contribution in [3.8, 4) is 6.07 Å². The van der Waals surface area contributed by atoms with Gasteiger partial charge < -0.3 is 4.42 Å². The van der Waals surface area contributed by atoms with Crippen molar-refractivity contribution in [3.05, 3.63) is 34.3 Å². The van der Waals surface area contributed by atoms with Crippen molar-refractivity contribution in [1.82, 2.24) is 4.98 Å². The molecule has 82 valence electrons. The zero-order valence-electron chi connectivity index (χ0n) is 7.96. The maximum Gasteiger partial charge on any atom is 0.417 e. The molecule has 0 saturated carbocycles. The summed E-state index contributed by atoms with van der Waals surface area (Å²) in [6.45, 7) is 0. The molecule has 0 aliphatic rings. The Balaban J connectivity index is 2.55. The van der Waals surface area contributed by atoms with E-state index in [4.69, 9.17) is 5.26 Å². The molecule has 1 heterocycles. The number of rotatable bonds is 2. The Morgan fingerprint density at radius 2 is 2.25 bits per heavy atom. The topological polar surface area (TPSA) is 69.8 Å². The predicted molar refractivity (Wildman–Crippen MR) is 51.0 cm³/mol. The summed E-state index contributed by atoms with van der Waals surface area (Å²) in [5, 5.41) is 8.27. The van der Waals surface area contributed by atoms with Gasteiger partial charge in [0.15, 0.2) is 5.58 Å². The third kappa shape index (κ3) is 1.67. The molecule has 0 atom stereocenters. The number of nitriles is 1. The largest absolute Gasteiger partial charge is 0.417 e. The first-order valence-corrected chi connectivity index (χ1v) is 4.41. The monoisotopic (exact) mass is 224 g/mol. The summed E-state index contributed by atoms with van der Waals surface area (Å²) >= 11 is 0. The SMILES string of the molecule is N#CCC(F)(F)c1ccc2oc(=O)[nH]c2c1. The number of aromatic nitrogens is 1. The van der Waals surface area contributed by atoms with Crippen LogP contribution in [0.5, 0.6) is 0 Å². The summed E-state index contributed by atoms with van der Waals surface area (Å²) in [5.74, 6) is -3.92. The second-order valence-corrected chi connectivity index (χ2v) is 3.26. The lowest BCUT2D eigenvalue weighted by Crippen LogP contribution is -2.11. The minimum atomic E-state index is -3.23. The van der Waals surface area contributed by atoms with Gasteiger partial charge in [-0.25, -0.2) is 13.6 Å². The third-order valence-electron chi connectivity index (χ3n) is 2.14. The van der Waals surface area contributed by atoms with Crippen LogP contribution in [0.4, 0.5) is 8.78 Å². The van der Waals surface area contributed by atoms with E-state index in [1.54, 1.807) is 0 Å². The second kappa shape index (κ2) is 3.45. The summed E-state index contributed by atoms with van der Waals surface area (Å²) in [6.07, 6.45) is -0.902. The molecule has 0 radical (unpaired) electrons. The molecule has 0 amide bonds. The van der Waals surface area contributed by atoms with Crippen LogP contribution in [0.2, 0.25) is 0 Å². The van der Waals surface area contributed by atoms with Crippen molar-refractivity contribution in [2.24, 2.45) is 0 Å². The Morgan fingerprint density at radius 3 is 2.94 bits per heavy atom. The van der Waals surface area contributed by atoms with E-state index in [1.807, 2.05) is 0 Å². The minimum Gasteiger partial charge on any atom is -0.408 e. The van der Waals surface area contributed by atoms with Gasteiger partial charge in [0, 0.05) is 5.56 Å². The van der Waals surface area contributed by atoms with Crippen molar-refractivity contribution >= 4 is 11.1 Å². The summed E-state index contributed by atoms with van der Waals surface area (Å²) in [6, 6.07) is 4.93. The van der Waals surface area contributed by atoms with Gasteiger partial charge in [0.1, 0.15) is 6.42 Å². The molecular weight excluding hydrogens is 218 g/mol. The van der Waals surface area contributed by atoms with Gasteiger partial charge in [-0.2, -0.15) is 5.26 Å². The van der Waals surface area contributed by atoms with Crippen LogP contribution < -0.4 is 5.76 Å². The first kappa shape index (κ1) is 10.4. The number of alkyl halides is 2. The van der Waals surface area contributed by atoms with Crippen molar-refractivity contribution in [3.63, 3.8) is 0 Å². The smallest absolute Gasteiger partial charge is 0.408 e. The number of fused-ring (bicyclic) bond motifs is 1.